The van der Waals surface area contributed by atoms with E-state index in [-0.39, 0.29) is 5.82 Å². The molecule has 1 aromatic carbocycles. The first kappa shape index (κ1) is 9.84. The minimum absolute atomic E-state index is 0.301. The van der Waals surface area contributed by atoms with Gasteiger partial charge in [0.05, 0.1) is 10.8 Å². The van der Waals surface area contributed by atoms with Crippen molar-refractivity contribution in [3.05, 3.63) is 30.1 Å². The van der Waals surface area contributed by atoms with E-state index in [2.05, 4.69) is 0 Å². The zero-order valence-electron chi connectivity index (χ0n) is 7.91. The zero-order valence-corrected chi connectivity index (χ0v) is 8.73. The molecule has 1 aliphatic rings. The molecule has 0 aliphatic heterocycles. The molecular weight excluding hydrogens is 199 g/mol. The summed E-state index contributed by atoms with van der Waals surface area (Å²) in [5, 5.41) is 0. The van der Waals surface area contributed by atoms with Crippen LogP contribution in [0.25, 0.3) is 0 Å². The highest BCUT2D eigenvalue weighted by Gasteiger charge is 2.20. The number of rotatable bonds is 3. The third-order valence-corrected chi connectivity index (χ3v) is 4.22. The summed E-state index contributed by atoms with van der Waals surface area (Å²) in [6.07, 6.45) is 3.62. The summed E-state index contributed by atoms with van der Waals surface area (Å²) in [7, 11) is -1.01. The average Bonchev–Trinajstić information content (AvgIpc) is 2.11. The van der Waals surface area contributed by atoms with E-state index in [1.54, 1.807) is 12.1 Å². The number of hydrogen-bond donors (Lipinski definition) is 0. The summed E-state index contributed by atoms with van der Waals surface area (Å²) in [5.74, 6) is 0.993. The van der Waals surface area contributed by atoms with Crippen LogP contribution >= 0.6 is 0 Å². The smallest absolute Gasteiger partial charge is 0.124 e. The fourth-order valence-electron chi connectivity index (χ4n) is 1.58. The Balaban J connectivity index is 2.02. The van der Waals surface area contributed by atoms with Gasteiger partial charge in [0.15, 0.2) is 0 Å². The van der Waals surface area contributed by atoms with Crippen molar-refractivity contribution < 1.29 is 8.60 Å². The summed E-state index contributed by atoms with van der Waals surface area (Å²) in [4.78, 5) is 0.622. The van der Waals surface area contributed by atoms with Gasteiger partial charge in [-0.3, -0.25) is 4.21 Å². The lowest BCUT2D eigenvalue weighted by Gasteiger charge is -2.24. The van der Waals surface area contributed by atoms with Crippen molar-refractivity contribution >= 4 is 10.8 Å². The predicted molar refractivity (Wildman–Crippen MR) is 55.0 cm³/mol. The Morgan fingerprint density at radius 1 is 1.43 bits per heavy atom. The Morgan fingerprint density at radius 3 is 2.79 bits per heavy atom. The molecule has 1 fully saturated rings. The zero-order chi connectivity index (χ0) is 9.97. The largest absolute Gasteiger partial charge is 0.254 e. The van der Waals surface area contributed by atoms with Gasteiger partial charge in [-0.25, -0.2) is 4.39 Å². The van der Waals surface area contributed by atoms with E-state index >= 15 is 0 Å². The minimum Gasteiger partial charge on any atom is -0.254 e. The lowest BCUT2D eigenvalue weighted by molar-refractivity contribution is 0.350. The van der Waals surface area contributed by atoms with Crippen LogP contribution in [0.3, 0.4) is 0 Å². The van der Waals surface area contributed by atoms with Crippen LogP contribution in [0.2, 0.25) is 0 Å². The van der Waals surface area contributed by atoms with Crippen molar-refractivity contribution in [2.75, 3.05) is 5.75 Å². The first-order chi connectivity index (χ1) is 6.75. The van der Waals surface area contributed by atoms with E-state index in [0.29, 0.717) is 16.6 Å². The van der Waals surface area contributed by atoms with Gasteiger partial charge in [-0.1, -0.05) is 12.5 Å². The summed E-state index contributed by atoms with van der Waals surface area (Å²) < 4.78 is 24.6. The first-order valence-electron chi connectivity index (χ1n) is 4.89. The number of halogens is 1. The highest BCUT2D eigenvalue weighted by atomic mass is 32.2. The third kappa shape index (κ3) is 2.21. The molecule has 1 unspecified atom stereocenters. The Kier molecular flexibility index (Phi) is 2.96. The number of hydrogen-bond acceptors (Lipinski definition) is 1. The molecule has 0 radical (unpaired) electrons. The van der Waals surface area contributed by atoms with Gasteiger partial charge in [0.2, 0.25) is 0 Å². The molecule has 0 amide bonds. The van der Waals surface area contributed by atoms with Gasteiger partial charge in [0, 0.05) is 10.6 Å². The molecular formula is C11H13FOS. The van der Waals surface area contributed by atoms with E-state index in [0.717, 1.165) is 0 Å². The quantitative estimate of drug-likeness (QED) is 0.753. The van der Waals surface area contributed by atoms with Gasteiger partial charge in [-0.05, 0) is 37.0 Å². The molecule has 0 N–H and O–H groups in total. The van der Waals surface area contributed by atoms with Crippen LogP contribution in [-0.4, -0.2) is 9.96 Å². The highest BCUT2D eigenvalue weighted by Crippen LogP contribution is 2.28. The SMILES string of the molecule is O=S(CC1CCC1)c1cccc(F)c1. The summed E-state index contributed by atoms with van der Waals surface area (Å²) in [6, 6.07) is 6.10. The van der Waals surface area contributed by atoms with Crippen LogP contribution in [0.5, 0.6) is 0 Å². The topological polar surface area (TPSA) is 17.1 Å². The summed E-state index contributed by atoms with van der Waals surface area (Å²) >= 11 is 0. The third-order valence-electron chi connectivity index (χ3n) is 2.67. The maximum atomic E-state index is 12.8. The lowest BCUT2D eigenvalue weighted by atomic mass is 9.87. The van der Waals surface area contributed by atoms with E-state index in [1.165, 1.54) is 31.4 Å². The van der Waals surface area contributed by atoms with Gasteiger partial charge in [-0.2, -0.15) is 0 Å². The van der Waals surface area contributed by atoms with Crippen LogP contribution in [0.1, 0.15) is 19.3 Å². The Morgan fingerprint density at radius 2 is 2.21 bits per heavy atom. The van der Waals surface area contributed by atoms with Crippen LogP contribution in [0.4, 0.5) is 4.39 Å². The molecule has 1 aromatic rings. The maximum absolute atomic E-state index is 12.8. The molecule has 3 heteroatoms. The normalized spacial score (nSPS) is 18.9. The van der Waals surface area contributed by atoms with Gasteiger partial charge >= 0.3 is 0 Å². The Bertz CT molecular complexity index is 347. The second-order valence-electron chi connectivity index (χ2n) is 3.77. The molecule has 1 nitrogen and oxygen atoms in total. The molecule has 0 heterocycles. The van der Waals surface area contributed by atoms with Crippen molar-refractivity contribution in [2.45, 2.75) is 24.2 Å². The van der Waals surface area contributed by atoms with Crippen molar-refractivity contribution in [3.63, 3.8) is 0 Å². The van der Waals surface area contributed by atoms with Crippen molar-refractivity contribution in [3.8, 4) is 0 Å². The molecule has 1 atom stereocenters. The maximum Gasteiger partial charge on any atom is 0.124 e. The highest BCUT2D eigenvalue weighted by molar-refractivity contribution is 7.85. The average molecular weight is 212 g/mol. The van der Waals surface area contributed by atoms with Crippen molar-refractivity contribution in [1.82, 2.24) is 0 Å². The van der Waals surface area contributed by atoms with Gasteiger partial charge < -0.3 is 0 Å². The summed E-state index contributed by atoms with van der Waals surface area (Å²) in [5.41, 5.74) is 0. The molecule has 0 bridgehead atoms. The number of benzene rings is 1. The van der Waals surface area contributed by atoms with Gasteiger partial charge in [0.1, 0.15) is 5.82 Å². The fraction of sp³-hybridized carbons (Fsp3) is 0.455. The standard InChI is InChI=1S/C11H13FOS/c12-10-5-2-6-11(7-10)14(13)8-9-3-1-4-9/h2,5-7,9H,1,3-4,8H2. The molecule has 76 valence electrons. The molecule has 14 heavy (non-hydrogen) atoms. The van der Waals surface area contributed by atoms with Crippen LogP contribution in [0, 0.1) is 11.7 Å². The minimum atomic E-state index is -1.01. The van der Waals surface area contributed by atoms with E-state index in [1.807, 2.05) is 0 Å². The van der Waals surface area contributed by atoms with Crippen LogP contribution < -0.4 is 0 Å². The molecule has 1 aliphatic carbocycles. The monoisotopic (exact) mass is 212 g/mol. The molecule has 1 saturated carbocycles. The molecule has 0 spiro atoms. The predicted octanol–water partition coefficient (Wildman–Crippen LogP) is 2.73. The fourth-order valence-corrected chi connectivity index (χ4v) is 3.01. The Hall–Kier alpha value is -0.700. The second-order valence-corrected chi connectivity index (χ2v) is 5.26. The van der Waals surface area contributed by atoms with Crippen LogP contribution in [0.15, 0.2) is 29.2 Å². The van der Waals surface area contributed by atoms with E-state index in [4.69, 9.17) is 0 Å². The first-order valence-corrected chi connectivity index (χ1v) is 6.21. The second kappa shape index (κ2) is 4.22. The molecule has 0 aromatic heterocycles. The lowest BCUT2D eigenvalue weighted by Crippen LogP contribution is -2.18. The van der Waals surface area contributed by atoms with Gasteiger partial charge in [-0.15, -0.1) is 0 Å². The van der Waals surface area contributed by atoms with Gasteiger partial charge in [0.25, 0.3) is 0 Å². The van der Waals surface area contributed by atoms with E-state index < -0.39 is 10.8 Å². The van der Waals surface area contributed by atoms with E-state index in [9.17, 15) is 8.60 Å². The molecule has 2 rings (SSSR count). The van der Waals surface area contributed by atoms with Crippen LogP contribution in [-0.2, 0) is 10.8 Å². The van der Waals surface area contributed by atoms with Crippen molar-refractivity contribution in [1.29, 1.82) is 0 Å². The van der Waals surface area contributed by atoms with Crippen molar-refractivity contribution in [2.24, 2.45) is 5.92 Å². The summed E-state index contributed by atoms with van der Waals surface area (Å²) in [6.45, 7) is 0. The Labute approximate surface area is 85.8 Å². The molecule has 0 saturated heterocycles.